The molecule has 0 amide bonds. The van der Waals surface area contributed by atoms with E-state index in [9.17, 15) is 13.2 Å². The van der Waals surface area contributed by atoms with Crippen LogP contribution in [0.1, 0.15) is 25.2 Å². The van der Waals surface area contributed by atoms with Crippen LogP contribution in [-0.2, 0) is 32.2 Å². The smallest absolute Gasteiger partial charge is 0.316 e. The molecule has 0 aliphatic heterocycles. The van der Waals surface area contributed by atoms with E-state index >= 15 is 0 Å². The van der Waals surface area contributed by atoms with E-state index in [0.29, 0.717) is 17.6 Å². The van der Waals surface area contributed by atoms with Crippen molar-refractivity contribution in [3.8, 4) is 0 Å². The molecule has 7 nitrogen and oxygen atoms in total. The van der Waals surface area contributed by atoms with E-state index in [0.717, 1.165) is 5.56 Å². The van der Waals surface area contributed by atoms with Crippen LogP contribution < -0.4 is 0 Å². The lowest BCUT2D eigenvalue weighted by molar-refractivity contribution is -0.141. The van der Waals surface area contributed by atoms with Crippen molar-refractivity contribution >= 4 is 27.6 Å². The van der Waals surface area contributed by atoms with E-state index in [1.165, 1.54) is 11.8 Å². The molecule has 2 aromatic rings. The summed E-state index contributed by atoms with van der Waals surface area (Å²) in [4.78, 5) is 11.9. The molecule has 0 fully saturated rings. The quantitative estimate of drug-likeness (QED) is 0.499. The van der Waals surface area contributed by atoms with Crippen LogP contribution in [0.4, 0.5) is 0 Å². The van der Waals surface area contributed by atoms with Crippen molar-refractivity contribution in [1.29, 1.82) is 0 Å². The zero-order valence-corrected chi connectivity index (χ0v) is 16.9. The highest BCUT2D eigenvalue weighted by atomic mass is 32.2. The number of aromatic nitrogens is 3. The third-order valence-corrected chi connectivity index (χ3v) is 6.14. The van der Waals surface area contributed by atoms with Gasteiger partial charge in [0.25, 0.3) is 0 Å². The summed E-state index contributed by atoms with van der Waals surface area (Å²) < 4.78 is 31.8. The van der Waals surface area contributed by atoms with Crippen molar-refractivity contribution in [3.05, 3.63) is 35.7 Å². The number of rotatable bonds is 8. The maximum absolute atomic E-state index is 12.5. The Morgan fingerprint density at radius 2 is 1.88 bits per heavy atom. The lowest BCUT2D eigenvalue weighted by atomic mass is 10.2. The van der Waals surface area contributed by atoms with Crippen molar-refractivity contribution in [2.45, 2.75) is 36.6 Å². The van der Waals surface area contributed by atoms with Crippen LogP contribution in [0.25, 0.3) is 0 Å². The summed E-state index contributed by atoms with van der Waals surface area (Å²) in [6.07, 6.45) is 0. The highest BCUT2D eigenvalue weighted by Gasteiger charge is 2.20. The third kappa shape index (κ3) is 5.57. The normalized spacial score (nSPS) is 11.7. The van der Waals surface area contributed by atoms with E-state index in [1.807, 2.05) is 20.8 Å². The second-order valence-electron chi connectivity index (χ2n) is 6.40. The molecule has 0 spiro atoms. The number of hydrogen-bond acceptors (Lipinski definition) is 7. The molecule has 9 heteroatoms. The molecular formula is C17H23N3O4S2. The van der Waals surface area contributed by atoms with E-state index in [2.05, 4.69) is 10.2 Å². The molecule has 0 N–H and O–H groups in total. The topological polar surface area (TPSA) is 91.2 Å². The summed E-state index contributed by atoms with van der Waals surface area (Å²) in [6, 6.07) is 6.68. The second kappa shape index (κ2) is 8.68. The number of aryl methyl sites for hydroxylation is 1. The molecule has 1 aromatic carbocycles. The SMILES string of the molecule is Cc1ccc(S(=O)(=O)Cc2nnc(SCC(=O)OCC(C)C)n2C)cc1. The van der Waals surface area contributed by atoms with Gasteiger partial charge in [-0.15, -0.1) is 10.2 Å². The van der Waals surface area contributed by atoms with Gasteiger partial charge in [0.1, 0.15) is 11.6 Å². The summed E-state index contributed by atoms with van der Waals surface area (Å²) in [5.74, 6) is 0.114. The predicted octanol–water partition coefficient (Wildman–Crippen LogP) is 2.39. The summed E-state index contributed by atoms with van der Waals surface area (Å²) in [5, 5.41) is 8.41. The van der Waals surface area contributed by atoms with Crippen LogP contribution in [0.3, 0.4) is 0 Å². The van der Waals surface area contributed by atoms with Gasteiger partial charge < -0.3 is 9.30 Å². The number of carbonyl (C=O) groups is 1. The number of sulfone groups is 1. The van der Waals surface area contributed by atoms with Crippen LogP contribution in [0.5, 0.6) is 0 Å². The standard InChI is InChI=1S/C17H23N3O4S2/c1-12(2)9-24-16(21)10-25-17-19-18-15(20(17)4)11-26(22,23)14-7-5-13(3)6-8-14/h5-8,12H,9-11H2,1-4H3. The van der Waals surface area contributed by atoms with Gasteiger partial charge in [0.05, 0.1) is 17.3 Å². The zero-order chi connectivity index (χ0) is 19.3. The first kappa shape index (κ1) is 20.4. The van der Waals surface area contributed by atoms with Crippen LogP contribution >= 0.6 is 11.8 Å². The van der Waals surface area contributed by atoms with Gasteiger partial charge in [0.15, 0.2) is 15.0 Å². The van der Waals surface area contributed by atoms with Crippen molar-refractivity contribution in [2.24, 2.45) is 13.0 Å². The Kier molecular flexibility index (Phi) is 6.82. The van der Waals surface area contributed by atoms with E-state index in [4.69, 9.17) is 4.74 Å². The summed E-state index contributed by atoms with van der Waals surface area (Å²) in [5.41, 5.74) is 0.991. The minimum Gasteiger partial charge on any atom is -0.465 e. The number of carbonyl (C=O) groups excluding carboxylic acids is 1. The molecular weight excluding hydrogens is 374 g/mol. The number of ether oxygens (including phenoxy) is 1. The fraction of sp³-hybridized carbons (Fsp3) is 0.471. The van der Waals surface area contributed by atoms with Crippen LogP contribution in [0.2, 0.25) is 0 Å². The monoisotopic (exact) mass is 397 g/mol. The molecule has 0 aliphatic carbocycles. The fourth-order valence-electron chi connectivity index (χ4n) is 2.02. The van der Waals surface area contributed by atoms with Gasteiger partial charge in [0, 0.05) is 7.05 Å². The third-order valence-electron chi connectivity index (χ3n) is 3.52. The first-order valence-electron chi connectivity index (χ1n) is 8.15. The molecule has 0 bridgehead atoms. The first-order valence-corrected chi connectivity index (χ1v) is 10.8. The Balaban J connectivity index is 2.02. The summed E-state index contributed by atoms with van der Waals surface area (Å²) in [7, 11) is -1.83. The van der Waals surface area contributed by atoms with Gasteiger partial charge in [-0.1, -0.05) is 43.3 Å². The van der Waals surface area contributed by atoms with Gasteiger partial charge in [-0.2, -0.15) is 0 Å². The highest BCUT2D eigenvalue weighted by Crippen LogP contribution is 2.20. The second-order valence-corrected chi connectivity index (χ2v) is 9.33. The molecule has 1 aromatic heterocycles. The number of esters is 1. The maximum Gasteiger partial charge on any atom is 0.316 e. The Labute approximate surface area is 158 Å². The Morgan fingerprint density at radius 1 is 1.23 bits per heavy atom. The van der Waals surface area contributed by atoms with Crippen LogP contribution in [0, 0.1) is 12.8 Å². The van der Waals surface area contributed by atoms with Gasteiger partial charge >= 0.3 is 5.97 Å². The van der Waals surface area contributed by atoms with E-state index in [-0.39, 0.29) is 28.3 Å². The molecule has 0 saturated heterocycles. The van der Waals surface area contributed by atoms with Gasteiger partial charge in [-0.25, -0.2) is 8.42 Å². The largest absolute Gasteiger partial charge is 0.465 e. The van der Waals surface area contributed by atoms with Crippen molar-refractivity contribution in [3.63, 3.8) is 0 Å². The van der Waals surface area contributed by atoms with Crippen molar-refractivity contribution in [1.82, 2.24) is 14.8 Å². The van der Waals surface area contributed by atoms with Crippen LogP contribution in [-0.4, -0.2) is 41.5 Å². The predicted molar refractivity (Wildman–Crippen MR) is 99.6 cm³/mol. The minimum absolute atomic E-state index is 0.101. The summed E-state index contributed by atoms with van der Waals surface area (Å²) in [6.45, 7) is 6.20. The Hall–Kier alpha value is -1.87. The lowest BCUT2D eigenvalue weighted by Gasteiger charge is -2.07. The first-order chi connectivity index (χ1) is 12.2. The minimum atomic E-state index is -3.51. The molecule has 0 unspecified atom stereocenters. The molecule has 0 saturated carbocycles. The number of thioether (sulfide) groups is 1. The van der Waals surface area contributed by atoms with Gasteiger partial charge in [0.2, 0.25) is 0 Å². The van der Waals surface area contributed by atoms with Gasteiger partial charge in [-0.3, -0.25) is 4.79 Å². The highest BCUT2D eigenvalue weighted by molar-refractivity contribution is 7.99. The molecule has 2 rings (SSSR count). The van der Waals surface area contributed by atoms with Crippen molar-refractivity contribution in [2.75, 3.05) is 12.4 Å². The van der Waals surface area contributed by atoms with E-state index in [1.54, 1.807) is 35.9 Å². The average molecular weight is 398 g/mol. The average Bonchev–Trinajstić information content (AvgIpc) is 2.91. The van der Waals surface area contributed by atoms with Gasteiger partial charge in [-0.05, 0) is 25.0 Å². The number of hydrogen-bond donors (Lipinski definition) is 0. The fourth-order valence-corrected chi connectivity index (χ4v) is 4.06. The molecule has 1 heterocycles. The zero-order valence-electron chi connectivity index (χ0n) is 15.3. The van der Waals surface area contributed by atoms with Crippen LogP contribution in [0.15, 0.2) is 34.3 Å². The Morgan fingerprint density at radius 3 is 2.50 bits per heavy atom. The van der Waals surface area contributed by atoms with E-state index < -0.39 is 9.84 Å². The molecule has 0 aliphatic rings. The molecule has 142 valence electrons. The molecule has 26 heavy (non-hydrogen) atoms. The lowest BCUT2D eigenvalue weighted by Crippen LogP contribution is -2.12. The summed E-state index contributed by atoms with van der Waals surface area (Å²) >= 11 is 1.17. The number of benzene rings is 1. The van der Waals surface area contributed by atoms with Crippen molar-refractivity contribution < 1.29 is 17.9 Å². The maximum atomic E-state index is 12.5. The number of nitrogens with zero attached hydrogens (tertiary/aromatic N) is 3. The molecule has 0 radical (unpaired) electrons. The molecule has 0 atom stereocenters. The Bertz CT molecular complexity index is 859.